The monoisotopic (exact) mass is 484 g/mol. The summed E-state index contributed by atoms with van der Waals surface area (Å²) in [5.41, 5.74) is -1.56. The van der Waals surface area contributed by atoms with Gasteiger partial charge in [0.15, 0.2) is 18.0 Å². The predicted molar refractivity (Wildman–Crippen MR) is 126 cm³/mol. The fourth-order valence-corrected chi connectivity index (χ4v) is 8.28. The maximum absolute atomic E-state index is 13.7. The maximum Gasteiger partial charge on any atom is 0.309 e. The Kier molecular flexibility index (Phi) is 5.66. The van der Waals surface area contributed by atoms with Crippen LogP contribution in [-0.4, -0.2) is 46.9 Å². The van der Waals surface area contributed by atoms with Gasteiger partial charge in [0.05, 0.1) is 12.0 Å². The van der Waals surface area contributed by atoms with E-state index >= 15 is 0 Å². The van der Waals surface area contributed by atoms with E-state index in [4.69, 9.17) is 9.47 Å². The average molecular weight is 485 g/mol. The fraction of sp³-hybridized carbons (Fsp3) is 0.714. The van der Waals surface area contributed by atoms with Gasteiger partial charge in [0.2, 0.25) is 5.78 Å². The lowest BCUT2D eigenvalue weighted by atomic mass is 9.44. The van der Waals surface area contributed by atoms with Gasteiger partial charge in [-0.1, -0.05) is 32.4 Å². The topological polar surface area (TPSA) is 107 Å². The number of rotatable bonds is 5. The summed E-state index contributed by atoms with van der Waals surface area (Å²) in [5.74, 6) is -1.28. The first kappa shape index (κ1) is 24.4. The summed E-state index contributed by atoms with van der Waals surface area (Å²) < 4.78 is 11.2. The van der Waals surface area contributed by atoms with Crippen LogP contribution in [0.4, 0.5) is 0 Å². The molecule has 7 nitrogen and oxygen atoms in total. The van der Waals surface area contributed by atoms with Crippen molar-refractivity contribution in [3.63, 3.8) is 0 Å². The van der Waals surface area contributed by atoms with Crippen molar-refractivity contribution in [3.05, 3.63) is 23.8 Å². The van der Waals surface area contributed by atoms with Crippen LogP contribution in [0.3, 0.4) is 0 Å². The van der Waals surface area contributed by atoms with Crippen molar-refractivity contribution in [1.29, 1.82) is 0 Å². The van der Waals surface area contributed by atoms with E-state index < -0.39 is 40.9 Å². The average Bonchev–Trinajstić information content (AvgIpc) is 3.58. The second-order valence-corrected chi connectivity index (χ2v) is 12.0. The van der Waals surface area contributed by atoms with Gasteiger partial charge in [0, 0.05) is 23.7 Å². The lowest BCUT2D eigenvalue weighted by molar-refractivity contribution is -0.202. The third-order valence-electron chi connectivity index (χ3n) is 9.98. The van der Waals surface area contributed by atoms with Crippen LogP contribution in [0.15, 0.2) is 23.8 Å². The van der Waals surface area contributed by atoms with Crippen molar-refractivity contribution >= 4 is 23.5 Å². The van der Waals surface area contributed by atoms with Crippen LogP contribution >= 0.6 is 0 Å². The SMILES string of the molecule is CC(=O)OCC(=O)[C@@]1(OC(=O)C2CC2)CCC2C3C[C@H](C)C4=CC(=O)C=C[C@]4(C)C3[C@@H](O)C[C@@]21C. The van der Waals surface area contributed by atoms with Gasteiger partial charge in [-0.15, -0.1) is 0 Å². The highest BCUT2D eigenvalue weighted by Crippen LogP contribution is 2.68. The predicted octanol–water partition coefficient (Wildman–Crippen LogP) is 3.34. The van der Waals surface area contributed by atoms with Crippen LogP contribution in [0.1, 0.15) is 66.2 Å². The number of fused-ring (bicyclic) bond motifs is 5. The molecule has 0 amide bonds. The number of hydrogen-bond donors (Lipinski definition) is 1. The normalized spacial score (nSPS) is 44.0. The van der Waals surface area contributed by atoms with Gasteiger partial charge in [0.1, 0.15) is 0 Å². The molecule has 8 atom stereocenters. The number of ether oxygens (including phenoxy) is 2. The number of aliphatic hydroxyl groups is 1. The van der Waals surface area contributed by atoms with Crippen molar-refractivity contribution in [3.8, 4) is 0 Å². The van der Waals surface area contributed by atoms with E-state index in [1.165, 1.54) is 6.92 Å². The zero-order chi connectivity index (χ0) is 25.3. The standard InChI is InChI=1S/C28H36O7/c1-15-11-19-20-8-10-28(23(32)14-34-16(2)29,35-25(33)17-5-6-17)27(20,4)13-22(31)24(19)26(3)9-7-18(30)12-21(15)26/h7,9,12,15,17,19-20,22,24,31H,5-6,8,10-11,13-14H2,1-4H3/t15-,19?,20?,22-,24?,26-,27-,28-/m0/s1. The van der Waals surface area contributed by atoms with E-state index in [0.717, 1.165) is 24.8 Å². The highest BCUT2D eigenvalue weighted by Gasteiger charge is 2.71. The van der Waals surface area contributed by atoms with Gasteiger partial charge in [0.25, 0.3) is 0 Å². The van der Waals surface area contributed by atoms with Crippen molar-refractivity contribution in [2.24, 2.45) is 40.4 Å². The molecule has 3 unspecified atom stereocenters. The molecule has 1 N–H and O–H groups in total. The molecule has 5 aliphatic rings. The van der Waals surface area contributed by atoms with Crippen LogP contribution in [0, 0.1) is 40.4 Å². The molecular formula is C28H36O7. The van der Waals surface area contributed by atoms with Crippen molar-refractivity contribution < 1.29 is 33.8 Å². The Morgan fingerprint density at radius 1 is 1.17 bits per heavy atom. The molecule has 0 spiro atoms. The molecule has 190 valence electrons. The van der Waals surface area contributed by atoms with Crippen LogP contribution in [0.25, 0.3) is 0 Å². The summed E-state index contributed by atoms with van der Waals surface area (Å²) in [6, 6.07) is 0. The molecule has 0 radical (unpaired) electrons. The molecule has 35 heavy (non-hydrogen) atoms. The lowest BCUT2D eigenvalue weighted by Gasteiger charge is -2.61. The Bertz CT molecular complexity index is 1040. The molecule has 7 heteroatoms. The first-order chi connectivity index (χ1) is 16.4. The number of Topliss-reactive ketones (excluding diaryl/α,β-unsaturated/α-hetero) is 1. The van der Waals surface area contributed by atoms with Crippen LogP contribution in [-0.2, 0) is 28.7 Å². The summed E-state index contributed by atoms with van der Waals surface area (Å²) in [7, 11) is 0. The summed E-state index contributed by atoms with van der Waals surface area (Å²) in [6.07, 6.45) is 8.26. The quantitative estimate of drug-likeness (QED) is 0.597. The van der Waals surface area contributed by atoms with Gasteiger partial charge < -0.3 is 14.6 Å². The Morgan fingerprint density at radius 2 is 1.89 bits per heavy atom. The molecule has 4 fully saturated rings. The third-order valence-corrected chi connectivity index (χ3v) is 9.98. The van der Waals surface area contributed by atoms with Crippen molar-refractivity contribution in [2.45, 2.75) is 77.9 Å². The highest BCUT2D eigenvalue weighted by molar-refractivity contribution is 6.01. The molecule has 0 aliphatic heterocycles. The smallest absolute Gasteiger partial charge is 0.309 e. The minimum Gasteiger partial charge on any atom is -0.458 e. The van der Waals surface area contributed by atoms with Gasteiger partial charge in [-0.3, -0.25) is 19.2 Å². The number of carbonyl (C=O) groups excluding carboxylic acids is 4. The minimum atomic E-state index is -1.42. The van der Waals surface area contributed by atoms with E-state index in [1.54, 1.807) is 12.2 Å². The lowest BCUT2D eigenvalue weighted by Crippen LogP contribution is -2.63. The molecule has 0 heterocycles. The van der Waals surface area contributed by atoms with E-state index in [0.29, 0.717) is 19.3 Å². The summed E-state index contributed by atoms with van der Waals surface area (Å²) in [4.78, 5) is 50.2. The molecule has 0 bridgehead atoms. The summed E-state index contributed by atoms with van der Waals surface area (Å²) in [5, 5.41) is 11.7. The molecule has 0 aromatic rings. The Morgan fingerprint density at radius 3 is 2.54 bits per heavy atom. The van der Waals surface area contributed by atoms with E-state index in [-0.39, 0.29) is 41.3 Å². The van der Waals surface area contributed by atoms with Crippen molar-refractivity contribution in [2.75, 3.05) is 6.61 Å². The Hall–Kier alpha value is -2.28. The van der Waals surface area contributed by atoms with Gasteiger partial charge in [-0.25, -0.2) is 0 Å². The Labute approximate surface area is 206 Å². The first-order valence-corrected chi connectivity index (χ1v) is 13.0. The van der Waals surface area contributed by atoms with Gasteiger partial charge in [-0.2, -0.15) is 0 Å². The third kappa shape index (κ3) is 3.56. The fourth-order valence-electron chi connectivity index (χ4n) is 8.28. The van der Waals surface area contributed by atoms with Gasteiger partial charge in [-0.05, 0) is 68.4 Å². The molecular weight excluding hydrogens is 448 g/mol. The summed E-state index contributed by atoms with van der Waals surface area (Å²) in [6.45, 7) is 7.04. The molecule has 0 saturated heterocycles. The number of ketones is 2. The minimum absolute atomic E-state index is 0.0131. The second-order valence-electron chi connectivity index (χ2n) is 12.0. The number of aliphatic hydroxyl groups excluding tert-OH is 1. The molecule has 0 aromatic carbocycles. The largest absolute Gasteiger partial charge is 0.458 e. The molecule has 0 aromatic heterocycles. The van der Waals surface area contributed by atoms with Crippen molar-refractivity contribution in [1.82, 2.24) is 0 Å². The van der Waals surface area contributed by atoms with Crippen LogP contribution in [0.5, 0.6) is 0 Å². The molecule has 5 aliphatic carbocycles. The maximum atomic E-state index is 13.7. The molecule has 5 rings (SSSR count). The second kappa shape index (κ2) is 8.12. The highest BCUT2D eigenvalue weighted by atomic mass is 16.6. The van der Waals surface area contributed by atoms with E-state index in [9.17, 15) is 24.3 Å². The summed E-state index contributed by atoms with van der Waals surface area (Å²) >= 11 is 0. The zero-order valence-electron chi connectivity index (χ0n) is 21.0. The number of allylic oxidation sites excluding steroid dienone is 4. The molecule has 4 saturated carbocycles. The number of carbonyl (C=O) groups is 4. The van der Waals surface area contributed by atoms with E-state index in [1.807, 2.05) is 13.0 Å². The Balaban J connectivity index is 1.54. The van der Waals surface area contributed by atoms with Crippen LogP contribution in [0.2, 0.25) is 0 Å². The number of esters is 2. The number of hydrogen-bond acceptors (Lipinski definition) is 7. The van der Waals surface area contributed by atoms with E-state index in [2.05, 4.69) is 13.8 Å². The van der Waals surface area contributed by atoms with Crippen LogP contribution < -0.4 is 0 Å². The first-order valence-electron chi connectivity index (χ1n) is 13.0. The zero-order valence-corrected chi connectivity index (χ0v) is 21.0. The van der Waals surface area contributed by atoms with Gasteiger partial charge >= 0.3 is 11.9 Å².